The Morgan fingerprint density at radius 1 is 0.958 bits per heavy atom. The number of carbonyl (C=O) groups is 1. The summed E-state index contributed by atoms with van der Waals surface area (Å²) in [6.45, 7) is 3.13. The lowest BCUT2D eigenvalue weighted by molar-refractivity contribution is -0.121. The average Bonchev–Trinajstić information content (AvgIpc) is 2.63. The standard InChI is InChI=1S/C20H25NO3/c1-3-16-4-10-19(11-5-16)24-15-13-20(22)21-14-12-17-6-8-18(23-2)9-7-17/h4-11H,3,12-15H2,1-2H3,(H,21,22). The van der Waals surface area contributed by atoms with E-state index in [-0.39, 0.29) is 5.91 Å². The van der Waals surface area contributed by atoms with Gasteiger partial charge in [-0.2, -0.15) is 0 Å². The molecule has 0 fully saturated rings. The maximum Gasteiger partial charge on any atom is 0.223 e. The molecule has 0 aromatic heterocycles. The maximum absolute atomic E-state index is 11.8. The van der Waals surface area contributed by atoms with E-state index in [1.807, 2.05) is 48.5 Å². The first-order chi connectivity index (χ1) is 11.7. The lowest BCUT2D eigenvalue weighted by Gasteiger charge is -2.08. The van der Waals surface area contributed by atoms with E-state index in [4.69, 9.17) is 9.47 Å². The highest BCUT2D eigenvalue weighted by atomic mass is 16.5. The molecule has 4 nitrogen and oxygen atoms in total. The summed E-state index contributed by atoms with van der Waals surface area (Å²) in [5, 5.41) is 2.91. The predicted octanol–water partition coefficient (Wildman–Crippen LogP) is 3.39. The summed E-state index contributed by atoms with van der Waals surface area (Å²) < 4.78 is 10.7. The number of amides is 1. The lowest BCUT2D eigenvalue weighted by atomic mass is 10.1. The summed E-state index contributed by atoms with van der Waals surface area (Å²) in [5.74, 6) is 1.65. The Morgan fingerprint density at radius 2 is 1.58 bits per heavy atom. The molecule has 0 radical (unpaired) electrons. The molecule has 0 saturated heterocycles. The van der Waals surface area contributed by atoms with Crippen LogP contribution in [0.5, 0.6) is 11.5 Å². The summed E-state index contributed by atoms with van der Waals surface area (Å²) in [6, 6.07) is 15.8. The van der Waals surface area contributed by atoms with E-state index in [0.717, 1.165) is 24.3 Å². The first-order valence-corrected chi connectivity index (χ1v) is 8.32. The van der Waals surface area contributed by atoms with Gasteiger partial charge in [-0.25, -0.2) is 0 Å². The smallest absolute Gasteiger partial charge is 0.223 e. The third-order valence-electron chi connectivity index (χ3n) is 3.82. The second-order valence-corrected chi connectivity index (χ2v) is 5.54. The van der Waals surface area contributed by atoms with Crippen molar-refractivity contribution in [1.29, 1.82) is 0 Å². The van der Waals surface area contributed by atoms with Crippen LogP contribution in [0.4, 0.5) is 0 Å². The monoisotopic (exact) mass is 327 g/mol. The van der Waals surface area contributed by atoms with Gasteiger partial charge in [0.25, 0.3) is 0 Å². The highest BCUT2D eigenvalue weighted by Crippen LogP contribution is 2.13. The molecule has 0 heterocycles. The number of benzene rings is 2. The highest BCUT2D eigenvalue weighted by molar-refractivity contribution is 5.75. The van der Waals surface area contributed by atoms with Crippen molar-refractivity contribution in [3.05, 3.63) is 59.7 Å². The van der Waals surface area contributed by atoms with Crippen LogP contribution in [0.1, 0.15) is 24.5 Å². The van der Waals surface area contributed by atoms with Gasteiger partial charge in [-0.05, 0) is 48.2 Å². The van der Waals surface area contributed by atoms with Gasteiger partial charge in [0, 0.05) is 6.54 Å². The van der Waals surface area contributed by atoms with Crippen LogP contribution in [0, 0.1) is 0 Å². The number of carbonyl (C=O) groups excluding carboxylic acids is 1. The van der Waals surface area contributed by atoms with Crippen molar-refractivity contribution in [3.8, 4) is 11.5 Å². The van der Waals surface area contributed by atoms with Gasteiger partial charge >= 0.3 is 0 Å². The summed E-state index contributed by atoms with van der Waals surface area (Å²) in [6.07, 6.45) is 2.17. The molecule has 4 heteroatoms. The van der Waals surface area contributed by atoms with Crippen LogP contribution in [0.3, 0.4) is 0 Å². The quantitative estimate of drug-likeness (QED) is 0.768. The van der Waals surface area contributed by atoms with Gasteiger partial charge in [0.1, 0.15) is 11.5 Å². The molecule has 0 aliphatic rings. The normalized spacial score (nSPS) is 10.2. The Bertz CT molecular complexity index is 565. The Kier molecular flexibility index (Phi) is 7.15. The maximum atomic E-state index is 11.8. The zero-order valence-electron chi connectivity index (χ0n) is 14.4. The minimum atomic E-state index is 0.00805. The first kappa shape index (κ1) is 17.9. The second-order valence-electron chi connectivity index (χ2n) is 5.54. The van der Waals surface area contributed by atoms with Gasteiger partial charge in [0.05, 0.1) is 20.1 Å². The topological polar surface area (TPSA) is 47.6 Å². The van der Waals surface area contributed by atoms with Crippen molar-refractivity contribution < 1.29 is 14.3 Å². The summed E-state index contributed by atoms with van der Waals surface area (Å²) in [5.41, 5.74) is 2.45. The molecule has 0 aliphatic heterocycles. The number of methoxy groups -OCH3 is 1. The van der Waals surface area contributed by atoms with E-state index >= 15 is 0 Å². The number of nitrogens with one attached hydrogen (secondary N) is 1. The third-order valence-corrected chi connectivity index (χ3v) is 3.82. The molecular formula is C20H25NO3. The number of hydrogen-bond donors (Lipinski definition) is 1. The fourth-order valence-corrected chi connectivity index (χ4v) is 2.31. The van der Waals surface area contributed by atoms with E-state index in [1.165, 1.54) is 11.1 Å². The molecular weight excluding hydrogens is 302 g/mol. The molecule has 0 spiro atoms. The van der Waals surface area contributed by atoms with Crippen LogP contribution < -0.4 is 14.8 Å². The molecule has 24 heavy (non-hydrogen) atoms. The van der Waals surface area contributed by atoms with E-state index in [9.17, 15) is 4.79 Å². The minimum absolute atomic E-state index is 0.00805. The summed E-state index contributed by atoms with van der Waals surface area (Å²) in [4.78, 5) is 11.8. The van der Waals surface area contributed by atoms with Crippen LogP contribution in [-0.4, -0.2) is 26.2 Å². The molecule has 1 amide bonds. The van der Waals surface area contributed by atoms with Crippen molar-refractivity contribution >= 4 is 5.91 Å². The first-order valence-electron chi connectivity index (χ1n) is 8.32. The van der Waals surface area contributed by atoms with E-state index in [0.29, 0.717) is 19.6 Å². The Morgan fingerprint density at radius 3 is 2.21 bits per heavy atom. The van der Waals surface area contributed by atoms with Crippen molar-refractivity contribution in [2.45, 2.75) is 26.2 Å². The molecule has 0 atom stereocenters. The van der Waals surface area contributed by atoms with Gasteiger partial charge in [-0.15, -0.1) is 0 Å². The van der Waals surface area contributed by atoms with Crippen LogP contribution >= 0.6 is 0 Å². The largest absolute Gasteiger partial charge is 0.497 e. The fraction of sp³-hybridized carbons (Fsp3) is 0.350. The summed E-state index contributed by atoms with van der Waals surface area (Å²) >= 11 is 0. The van der Waals surface area contributed by atoms with Crippen LogP contribution in [0.25, 0.3) is 0 Å². The predicted molar refractivity (Wildman–Crippen MR) is 95.6 cm³/mol. The lowest BCUT2D eigenvalue weighted by Crippen LogP contribution is -2.27. The van der Waals surface area contributed by atoms with Crippen molar-refractivity contribution in [3.63, 3.8) is 0 Å². The van der Waals surface area contributed by atoms with E-state index < -0.39 is 0 Å². The van der Waals surface area contributed by atoms with E-state index in [2.05, 4.69) is 12.2 Å². The SMILES string of the molecule is CCc1ccc(OCCC(=O)NCCc2ccc(OC)cc2)cc1. The van der Waals surface area contributed by atoms with Crippen LogP contribution in [0.15, 0.2) is 48.5 Å². The van der Waals surface area contributed by atoms with Gasteiger partial charge in [0.15, 0.2) is 0 Å². The van der Waals surface area contributed by atoms with Crippen LogP contribution in [-0.2, 0) is 17.6 Å². The zero-order chi connectivity index (χ0) is 17.2. The van der Waals surface area contributed by atoms with Gasteiger partial charge in [-0.3, -0.25) is 4.79 Å². The highest BCUT2D eigenvalue weighted by Gasteiger charge is 2.02. The van der Waals surface area contributed by atoms with Gasteiger partial charge < -0.3 is 14.8 Å². The molecule has 0 saturated carbocycles. The molecule has 2 rings (SSSR count). The molecule has 0 bridgehead atoms. The number of rotatable bonds is 9. The number of hydrogen-bond acceptors (Lipinski definition) is 3. The molecule has 2 aromatic rings. The van der Waals surface area contributed by atoms with Crippen molar-refractivity contribution in [1.82, 2.24) is 5.32 Å². The molecule has 0 unspecified atom stereocenters. The van der Waals surface area contributed by atoms with Gasteiger partial charge in [-0.1, -0.05) is 31.2 Å². The zero-order valence-corrected chi connectivity index (χ0v) is 14.4. The van der Waals surface area contributed by atoms with Crippen molar-refractivity contribution in [2.24, 2.45) is 0 Å². The number of aryl methyl sites for hydroxylation is 1. The third kappa shape index (κ3) is 5.95. The van der Waals surface area contributed by atoms with E-state index in [1.54, 1.807) is 7.11 Å². The summed E-state index contributed by atoms with van der Waals surface area (Å²) in [7, 11) is 1.65. The minimum Gasteiger partial charge on any atom is -0.497 e. The second kappa shape index (κ2) is 9.60. The molecule has 128 valence electrons. The fourth-order valence-electron chi connectivity index (χ4n) is 2.31. The molecule has 2 aromatic carbocycles. The van der Waals surface area contributed by atoms with Crippen LogP contribution in [0.2, 0.25) is 0 Å². The number of ether oxygens (including phenoxy) is 2. The molecule has 1 N–H and O–H groups in total. The Balaban J connectivity index is 1.62. The average molecular weight is 327 g/mol. The Hall–Kier alpha value is -2.49. The van der Waals surface area contributed by atoms with Crippen molar-refractivity contribution in [2.75, 3.05) is 20.3 Å². The molecule has 0 aliphatic carbocycles. The Labute approximate surface area is 143 Å². The van der Waals surface area contributed by atoms with Gasteiger partial charge in [0.2, 0.25) is 5.91 Å².